The van der Waals surface area contributed by atoms with Crippen LogP contribution < -0.4 is 5.32 Å². The van der Waals surface area contributed by atoms with E-state index in [4.69, 9.17) is 5.26 Å². The van der Waals surface area contributed by atoms with Crippen LogP contribution in [0, 0.1) is 24.2 Å². The van der Waals surface area contributed by atoms with Crippen molar-refractivity contribution in [2.45, 2.75) is 20.3 Å². The van der Waals surface area contributed by atoms with Crippen LogP contribution in [0.25, 0.3) is 0 Å². The number of nitrogens with one attached hydrogen (secondary N) is 1. The Morgan fingerprint density at radius 2 is 2.16 bits per heavy atom. The molecular weight excluding hydrogens is 308 g/mol. The molecule has 5 heteroatoms. The van der Waals surface area contributed by atoms with Crippen molar-refractivity contribution in [2.24, 2.45) is 5.92 Å². The van der Waals surface area contributed by atoms with Gasteiger partial charge in [-0.15, -0.1) is 0 Å². The van der Waals surface area contributed by atoms with E-state index in [2.05, 4.69) is 21.2 Å². The lowest BCUT2D eigenvalue weighted by Crippen LogP contribution is -2.35. The van der Waals surface area contributed by atoms with E-state index in [9.17, 15) is 9.59 Å². The third-order valence-corrected chi connectivity index (χ3v) is 3.16. The minimum atomic E-state index is -1.29. The highest BCUT2D eigenvalue weighted by molar-refractivity contribution is 9.10. The Morgan fingerprint density at radius 1 is 1.47 bits per heavy atom. The number of halogens is 1. The van der Waals surface area contributed by atoms with Gasteiger partial charge in [-0.25, -0.2) is 0 Å². The van der Waals surface area contributed by atoms with E-state index in [1.54, 1.807) is 25.1 Å². The number of nitriles is 1. The number of benzene rings is 1. The molecule has 1 rings (SSSR count). The zero-order chi connectivity index (χ0) is 14.4. The molecule has 0 unspecified atom stereocenters. The summed E-state index contributed by atoms with van der Waals surface area (Å²) < 4.78 is 0.743. The van der Waals surface area contributed by atoms with Gasteiger partial charge in [0.15, 0.2) is 11.7 Å². The minimum Gasteiger partial charge on any atom is -0.355 e. The lowest BCUT2D eigenvalue weighted by atomic mass is 9.95. The number of nitrogens with zero attached hydrogens (tertiary/aromatic N) is 1. The Bertz CT molecular complexity index is 535. The Kier molecular flexibility index (Phi) is 5.71. The summed E-state index contributed by atoms with van der Waals surface area (Å²) in [6.45, 7) is 4.14. The van der Waals surface area contributed by atoms with Crippen LogP contribution in [0.1, 0.15) is 29.3 Å². The first-order valence-corrected chi connectivity index (χ1v) is 6.78. The molecule has 0 spiro atoms. The molecule has 0 aromatic heterocycles. The van der Waals surface area contributed by atoms with Crippen LogP contribution >= 0.6 is 15.9 Å². The average molecular weight is 323 g/mol. The molecule has 0 fully saturated rings. The normalized spacial score (nSPS) is 11.5. The molecule has 0 aliphatic heterocycles. The van der Waals surface area contributed by atoms with Gasteiger partial charge in [0.1, 0.15) is 0 Å². The predicted octanol–water partition coefficient (Wildman–Crippen LogP) is 2.61. The molecule has 0 radical (unpaired) electrons. The molecule has 100 valence electrons. The van der Waals surface area contributed by atoms with E-state index in [0.29, 0.717) is 12.1 Å². The molecule has 19 heavy (non-hydrogen) atoms. The van der Waals surface area contributed by atoms with E-state index in [1.165, 1.54) is 0 Å². The number of carbonyl (C=O) groups is 2. The van der Waals surface area contributed by atoms with Crippen molar-refractivity contribution in [3.63, 3.8) is 0 Å². The van der Waals surface area contributed by atoms with Gasteiger partial charge in [-0.05, 0) is 31.0 Å². The Labute approximate surface area is 120 Å². The number of Topliss-reactive ketones (excluding diaryl/α,β-unsaturated/α-hetero) is 1. The summed E-state index contributed by atoms with van der Waals surface area (Å²) in [5.41, 5.74) is 1.14. The van der Waals surface area contributed by atoms with Crippen molar-refractivity contribution in [1.82, 2.24) is 5.32 Å². The molecule has 0 saturated carbocycles. The standard InChI is InChI=1S/C14H15BrN2O2/c1-3-6-17-14(19)12(8-16)13(18)11-7-10(15)5-4-9(11)2/h4-5,7,12H,3,6H2,1-2H3,(H,17,19)/t12-/m0/s1. The van der Waals surface area contributed by atoms with Gasteiger partial charge in [0, 0.05) is 16.6 Å². The fourth-order valence-electron chi connectivity index (χ4n) is 1.60. The van der Waals surface area contributed by atoms with E-state index in [1.807, 2.05) is 13.0 Å². The molecule has 0 aliphatic rings. The molecule has 0 heterocycles. The first-order chi connectivity index (χ1) is 9.01. The second-order valence-electron chi connectivity index (χ2n) is 4.18. The zero-order valence-corrected chi connectivity index (χ0v) is 12.5. The maximum Gasteiger partial charge on any atom is 0.245 e. The number of aryl methyl sites for hydroxylation is 1. The maximum atomic E-state index is 12.2. The van der Waals surface area contributed by atoms with Crippen LogP contribution in [0.4, 0.5) is 0 Å². The SMILES string of the molecule is CCCNC(=O)[C@@H](C#N)C(=O)c1cc(Br)ccc1C. The lowest BCUT2D eigenvalue weighted by molar-refractivity contribution is -0.122. The van der Waals surface area contributed by atoms with E-state index in [0.717, 1.165) is 16.5 Å². The van der Waals surface area contributed by atoms with Crippen LogP contribution in [0.3, 0.4) is 0 Å². The van der Waals surface area contributed by atoms with Crippen molar-refractivity contribution in [2.75, 3.05) is 6.54 Å². The summed E-state index contributed by atoms with van der Waals surface area (Å²) in [7, 11) is 0. The zero-order valence-electron chi connectivity index (χ0n) is 10.9. The van der Waals surface area contributed by atoms with Crippen molar-refractivity contribution in [3.05, 3.63) is 33.8 Å². The predicted molar refractivity (Wildman–Crippen MR) is 75.6 cm³/mol. The van der Waals surface area contributed by atoms with Gasteiger partial charge in [0.25, 0.3) is 0 Å². The van der Waals surface area contributed by atoms with Gasteiger partial charge in [-0.1, -0.05) is 28.9 Å². The summed E-state index contributed by atoms with van der Waals surface area (Å²) in [6.07, 6.45) is 0.758. The molecule has 0 aliphatic carbocycles. The van der Waals surface area contributed by atoms with Crippen molar-refractivity contribution >= 4 is 27.6 Å². The summed E-state index contributed by atoms with van der Waals surface area (Å²) in [6, 6.07) is 7.00. The smallest absolute Gasteiger partial charge is 0.245 e. The highest BCUT2D eigenvalue weighted by Crippen LogP contribution is 2.19. The fourth-order valence-corrected chi connectivity index (χ4v) is 1.96. The molecule has 0 saturated heterocycles. The summed E-state index contributed by atoms with van der Waals surface area (Å²) in [5.74, 6) is -2.29. The van der Waals surface area contributed by atoms with Crippen molar-refractivity contribution in [1.29, 1.82) is 5.26 Å². The van der Waals surface area contributed by atoms with Crippen LogP contribution in [0.15, 0.2) is 22.7 Å². The highest BCUT2D eigenvalue weighted by atomic mass is 79.9. The van der Waals surface area contributed by atoms with Crippen molar-refractivity contribution in [3.8, 4) is 6.07 Å². The molecule has 0 bridgehead atoms. The van der Waals surface area contributed by atoms with Gasteiger partial charge < -0.3 is 5.32 Å². The molecule has 1 aromatic rings. The number of amides is 1. The van der Waals surface area contributed by atoms with Crippen LogP contribution in [-0.4, -0.2) is 18.2 Å². The van der Waals surface area contributed by atoms with E-state index < -0.39 is 17.6 Å². The van der Waals surface area contributed by atoms with E-state index in [-0.39, 0.29) is 0 Å². The molecule has 1 amide bonds. The quantitative estimate of drug-likeness (QED) is 0.669. The van der Waals surface area contributed by atoms with Crippen LogP contribution in [0.2, 0.25) is 0 Å². The first kappa shape index (κ1) is 15.4. The number of rotatable bonds is 5. The molecule has 4 nitrogen and oxygen atoms in total. The lowest BCUT2D eigenvalue weighted by Gasteiger charge is -2.11. The van der Waals surface area contributed by atoms with E-state index >= 15 is 0 Å². The Hall–Kier alpha value is -1.67. The summed E-state index contributed by atoms with van der Waals surface area (Å²) in [4.78, 5) is 24.0. The number of hydrogen-bond donors (Lipinski definition) is 1. The molecule has 1 aromatic carbocycles. The third kappa shape index (κ3) is 3.90. The van der Waals surface area contributed by atoms with Gasteiger partial charge in [-0.2, -0.15) is 5.26 Å². The summed E-state index contributed by atoms with van der Waals surface area (Å²) >= 11 is 3.28. The molecular formula is C14H15BrN2O2. The van der Waals surface area contributed by atoms with Crippen LogP contribution in [0.5, 0.6) is 0 Å². The average Bonchev–Trinajstić information content (AvgIpc) is 2.39. The Balaban J connectivity index is 2.99. The minimum absolute atomic E-state index is 0.396. The second-order valence-corrected chi connectivity index (χ2v) is 5.09. The summed E-state index contributed by atoms with van der Waals surface area (Å²) in [5, 5.41) is 11.6. The van der Waals surface area contributed by atoms with Crippen LogP contribution in [-0.2, 0) is 4.79 Å². The topological polar surface area (TPSA) is 70.0 Å². The van der Waals surface area contributed by atoms with Gasteiger partial charge in [0.05, 0.1) is 6.07 Å². The van der Waals surface area contributed by atoms with Gasteiger partial charge in [0.2, 0.25) is 5.91 Å². The molecule has 1 N–H and O–H groups in total. The largest absolute Gasteiger partial charge is 0.355 e. The number of hydrogen-bond acceptors (Lipinski definition) is 3. The van der Waals surface area contributed by atoms with Gasteiger partial charge >= 0.3 is 0 Å². The first-order valence-electron chi connectivity index (χ1n) is 5.99. The highest BCUT2D eigenvalue weighted by Gasteiger charge is 2.28. The number of carbonyl (C=O) groups excluding carboxylic acids is 2. The second kappa shape index (κ2) is 7.05. The molecule has 1 atom stereocenters. The van der Waals surface area contributed by atoms with Gasteiger partial charge in [-0.3, -0.25) is 9.59 Å². The van der Waals surface area contributed by atoms with Crippen molar-refractivity contribution < 1.29 is 9.59 Å². The third-order valence-electron chi connectivity index (χ3n) is 2.67. The fraction of sp³-hybridized carbons (Fsp3) is 0.357. The number of ketones is 1. The Morgan fingerprint density at radius 3 is 2.74 bits per heavy atom. The monoisotopic (exact) mass is 322 g/mol. The maximum absolute atomic E-state index is 12.2.